The molecule has 0 atom stereocenters. The van der Waals surface area contributed by atoms with Crippen molar-refractivity contribution < 1.29 is 4.79 Å². The third-order valence-corrected chi connectivity index (χ3v) is 3.53. The fourth-order valence-corrected chi connectivity index (χ4v) is 2.32. The van der Waals surface area contributed by atoms with Crippen molar-refractivity contribution in [3.63, 3.8) is 0 Å². The number of hydrogen-bond acceptors (Lipinski definition) is 3. The minimum absolute atomic E-state index is 0.0901. The predicted octanol–water partition coefficient (Wildman–Crippen LogP) is 2.08. The molecule has 0 aromatic heterocycles. The molecule has 0 fully saturated rings. The lowest BCUT2D eigenvalue weighted by atomic mass is 10.1. The molecule has 0 aliphatic heterocycles. The van der Waals surface area contributed by atoms with Gasteiger partial charge in [-0.1, -0.05) is 37.3 Å². The van der Waals surface area contributed by atoms with Crippen LogP contribution in [0.4, 0.5) is 0 Å². The molecule has 0 spiro atoms. The van der Waals surface area contributed by atoms with Gasteiger partial charge >= 0.3 is 0 Å². The smallest absolute Gasteiger partial charge is 0.230 e. The maximum atomic E-state index is 11.4. The minimum atomic E-state index is 0.0901. The van der Waals surface area contributed by atoms with E-state index in [9.17, 15) is 4.79 Å². The quantitative estimate of drug-likeness (QED) is 0.752. The molecule has 0 saturated heterocycles. The number of benzene rings is 1. The number of rotatable bonds is 7. The predicted molar refractivity (Wildman–Crippen MR) is 81.8 cm³/mol. The van der Waals surface area contributed by atoms with E-state index in [1.165, 1.54) is 0 Å². The Hall–Kier alpha value is -1.07. The molecule has 1 aromatic rings. The Bertz CT molecular complexity index is 421. The van der Waals surface area contributed by atoms with Gasteiger partial charge < -0.3 is 11.1 Å². The molecule has 3 N–H and O–H groups in total. The van der Waals surface area contributed by atoms with Gasteiger partial charge in [-0.25, -0.2) is 0 Å². The summed E-state index contributed by atoms with van der Waals surface area (Å²) >= 11 is 6.52. The summed E-state index contributed by atoms with van der Waals surface area (Å²) in [7, 11) is 0. The second-order valence-corrected chi connectivity index (χ2v) is 5.33. The molecule has 0 unspecified atom stereocenters. The normalized spacial score (nSPS) is 10.1. The first-order valence-corrected chi connectivity index (χ1v) is 7.43. The molecule has 5 heteroatoms. The van der Waals surface area contributed by atoms with E-state index < -0.39 is 0 Å². The van der Waals surface area contributed by atoms with Crippen LogP contribution >= 0.6 is 24.0 Å². The fourth-order valence-electron chi connectivity index (χ4n) is 1.39. The van der Waals surface area contributed by atoms with Crippen molar-refractivity contribution in [2.24, 2.45) is 5.73 Å². The number of nitrogens with one attached hydrogen (secondary N) is 1. The molecule has 1 rings (SSSR count). The van der Waals surface area contributed by atoms with E-state index in [-0.39, 0.29) is 5.91 Å². The van der Waals surface area contributed by atoms with E-state index in [4.69, 9.17) is 18.0 Å². The van der Waals surface area contributed by atoms with Crippen LogP contribution in [0.5, 0.6) is 0 Å². The van der Waals surface area contributed by atoms with Gasteiger partial charge in [0.25, 0.3) is 0 Å². The highest BCUT2D eigenvalue weighted by atomic mass is 32.2. The SMILES string of the molecule is CCCNC(=O)CSCc1cccc(C(N)=S)c1. The Morgan fingerprint density at radius 1 is 1.50 bits per heavy atom. The molecule has 0 saturated carbocycles. The Kier molecular flexibility index (Phi) is 6.75. The van der Waals surface area contributed by atoms with Gasteiger partial charge in [0.2, 0.25) is 5.91 Å². The molecule has 0 aliphatic carbocycles. The highest BCUT2D eigenvalue weighted by Crippen LogP contribution is 2.13. The number of hydrogen-bond donors (Lipinski definition) is 2. The first-order chi connectivity index (χ1) is 8.63. The van der Waals surface area contributed by atoms with Crippen LogP contribution in [0, 0.1) is 0 Å². The van der Waals surface area contributed by atoms with Crippen LogP contribution in [0.25, 0.3) is 0 Å². The van der Waals surface area contributed by atoms with Gasteiger partial charge in [0.1, 0.15) is 4.99 Å². The van der Waals surface area contributed by atoms with Crippen LogP contribution in [0.1, 0.15) is 24.5 Å². The summed E-state index contributed by atoms with van der Waals surface area (Å²) in [5, 5.41) is 2.85. The van der Waals surface area contributed by atoms with Crippen molar-refractivity contribution in [2.45, 2.75) is 19.1 Å². The molecule has 1 amide bonds. The van der Waals surface area contributed by atoms with E-state index in [0.717, 1.165) is 29.8 Å². The zero-order valence-corrected chi connectivity index (χ0v) is 12.1. The number of carbonyl (C=O) groups excluding carboxylic acids is 1. The van der Waals surface area contributed by atoms with E-state index in [1.54, 1.807) is 11.8 Å². The Morgan fingerprint density at radius 3 is 2.94 bits per heavy atom. The average molecular weight is 282 g/mol. The largest absolute Gasteiger partial charge is 0.389 e. The highest BCUT2D eigenvalue weighted by Gasteiger charge is 2.02. The molecule has 18 heavy (non-hydrogen) atoms. The zero-order valence-electron chi connectivity index (χ0n) is 10.4. The second-order valence-electron chi connectivity index (χ2n) is 3.91. The van der Waals surface area contributed by atoms with Gasteiger partial charge in [0.05, 0.1) is 5.75 Å². The summed E-state index contributed by atoms with van der Waals surface area (Å²) < 4.78 is 0. The van der Waals surface area contributed by atoms with Gasteiger partial charge in [0.15, 0.2) is 0 Å². The first-order valence-electron chi connectivity index (χ1n) is 5.86. The van der Waals surface area contributed by atoms with E-state index >= 15 is 0 Å². The topological polar surface area (TPSA) is 55.1 Å². The number of thioether (sulfide) groups is 1. The lowest BCUT2D eigenvalue weighted by molar-refractivity contribution is -0.118. The molecular weight excluding hydrogens is 264 g/mol. The average Bonchev–Trinajstić information content (AvgIpc) is 2.36. The first kappa shape index (κ1) is 15.0. The third kappa shape index (κ3) is 5.51. The molecule has 0 aliphatic rings. The summed E-state index contributed by atoms with van der Waals surface area (Å²) in [6, 6.07) is 7.81. The fraction of sp³-hybridized carbons (Fsp3) is 0.385. The maximum Gasteiger partial charge on any atom is 0.230 e. The van der Waals surface area contributed by atoms with Crippen LogP contribution in [0.3, 0.4) is 0 Å². The minimum Gasteiger partial charge on any atom is -0.389 e. The Morgan fingerprint density at radius 2 is 2.28 bits per heavy atom. The van der Waals surface area contributed by atoms with Crippen LogP contribution in [0.2, 0.25) is 0 Å². The monoisotopic (exact) mass is 282 g/mol. The number of carbonyl (C=O) groups is 1. The number of nitrogens with two attached hydrogens (primary N) is 1. The highest BCUT2D eigenvalue weighted by molar-refractivity contribution is 7.99. The lowest BCUT2D eigenvalue weighted by Gasteiger charge is -2.05. The van der Waals surface area contributed by atoms with Gasteiger partial charge in [-0.05, 0) is 18.1 Å². The van der Waals surface area contributed by atoms with Gasteiger partial charge in [-0.3, -0.25) is 4.79 Å². The molecule has 1 aromatic carbocycles. The van der Waals surface area contributed by atoms with Crippen molar-refractivity contribution in [1.29, 1.82) is 0 Å². The van der Waals surface area contributed by atoms with Crippen LogP contribution < -0.4 is 11.1 Å². The standard InChI is InChI=1S/C13H18N2OS2/c1-2-6-15-12(16)9-18-8-10-4-3-5-11(7-10)13(14)17/h3-5,7H,2,6,8-9H2,1H3,(H2,14,17)(H,15,16). The lowest BCUT2D eigenvalue weighted by Crippen LogP contribution is -2.25. The van der Waals surface area contributed by atoms with E-state index in [0.29, 0.717) is 10.7 Å². The van der Waals surface area contributed by atoms with Gasteiger partial charge in [-0.2, -0.15) is 0 Å². The number of amides is 1. The zero-order chi connectivity index (χ0) is 13.4. The van der Waals surface area contributed by atoms with Crippen molar-refractivity contribution in [3.05, 3.63) is 35.4 Å². The molecule has 0 heterocycles. The Labute approximate surface area is 118 Å². The summed E-state index contributed by atoms with van der Waals surface area (Å²) in [5.74, 6) is 1.36. The Balaban J connectivity index is 2.37. The molecule has 0 radical (unpaired) electrons. The van der Waals surface area contributed by atoms with Gasteiger partial charge in [0, 0.05) is 17.9 Å². The molecule has 0 bridgehead atoms. The second kappa shape index (κ2) is 8.11. The van der Waals surface area contributed by atoms with Crippen molar-refractivity contribution in [3.8, 4) is 0 Å². The summed E-state index contributed by atoms with van der Waals surface area (Å²) in [6.07, 6.45) is 0.965. The van der Waals surface area contributed by atoms with Crippen LogP contribution in [-0.2, 0) is 10.5 Å². The third-order valence-electron chi connectivity index (χ3n) is 2.29. The van der Waals surface area contributed by atoms with Crippen molar-refractivity contribution >= 4 is 34.9 Å². The van der Waals surface area contributed by atoms with Gasteiger partial charge in [-0.15, -0.1) is 11.8 Å². The summed E-state index contributed by atoms with van der Waals surface area (Å²) in [5.41, 5.74) is 7.58. The van der Waals surface area contributed by atoms with E-state index in [1.807, 2.05) is 31.2 Å². The van der Waals surface area contributed by atoms with E-state index in [2.05, 4.69) is 5.32 Å². The van der Waals surface area contributed by atoms with Crippen molar-refractivity contribution in [2.75, 3.05) is 12.3 Å². The number of thiocarbonyl (C=S) groups is 1. The van der Waals surface area contributed by atoms with Crippen molar-refractivity contribution in [1.82, 2.24) is 5.32 Å². The molecule has 3 nitrogen and oxygen atoms in total. The van der Waals surface area contributed by atoms with Crippen LogP contribution in [-0.4, -0.2) is 23.2 Å². The maximum absolute atomic E-state index is 11.4. The molecule has 98 valence electrons. The van der Waals surface area contributed by atoms with Crippen LogP contribution in [0.15, 0.2) is 24.3 Å². The summed E-state index contributed by atoms with van der Waals surface area (Å²) in [6.45, 7) is 2.78. The summed E-state index contributed by atoms with van der Waals surface area (Å²) in [4.78, 5) is 11.8. The molecular formula is C13H18N2OS2.